The number of anilines is 2. The second-order valence-electron chi connectivity index (χ2n) is 10.6. The van der Waals surface area contributed by atoms with Gasteiger partial charge in [0.25, 0.3) is 0 Å². The third-order valence-electron chi connectivity index (χ3n) is 8.45. The largest absolute Gasteiger partial charge is 0.394 e. The van der Waals surface area contributed by atoms with Crippen molar-refractivity contribution in [2.24, 2.45) is 0 Å². The molecule has 4 heterocycles. The van der Waals surface area contributed by atoms with Crippen molar-refractivity contribution in [1.82, 2.24) is 9.97 Å². The van der Waals surface area contributed by atoms with Gasteiger partial charge in [-0.15, -0.1) is 0 Å². The van der Waals surface area contributed by atoms with E-state index in [4.69, 9.17) is 21.6 Å². The van der Waals surface area contributed by atoms with Crippen LogP contribution in [-0.2, 0) is 17.2 Å². The molecule has 0 amide bonds. The van der Waals surface area contributed by atoms with Crippen molar-refractivity contribution in [2.45, 2.75) is 92.6 Å². The third-order valence-corrected chi connectivity index (χ3v) is 10.2. The van der Waals surface area contributed by atoms with Crippen LogP contribution in [0.1, 0.15) is 75.0 Å². The molecule has 3 fully saturated rings. The summed E-state index contributed by atoms with van der Waals surface area (Å²) in [6, 6.07) is 9.16. The topological polar surface area (TPSA) is 78.4 Å². The van der Waals surface area contributed by atoms with Crippen LogP contribution >= 0.6 is 11.6 Å². The smallest absolute Gasteiger partial charge is 0.228 e. The summed E-state index contributed by atoms with van der Waals surface area (Å²) in [4.78, 5) is 13.3. The Kier molecular flexibility index (Phi) is 6.06. The second kappa shape index (κ2) is 9.07. The molecule has 2 unspecified atom stereocenters. The van der Waals surface area contributed by atoms with Crippen LogP contribution in [0.3, 0.4) is 0 Å². The van der Waals surface area contributed by atoms with E-state index in [1.54, 1.807) is 0 Å². The Labute approximate surface area is 209 Å². The molecule has 0 spiro atoms. The van der Waals surface area contributed by atoms with E-state index in [9.17, 15) is 9.32 Å². The van der Waals surface area contributed by atoms with Crippen LogP contribution in [0.4, 0.5) is 11.8 Å². The van der Waals surface area contributed by atoms with E-state index in [0.717, 1.165) is 85.8 Å². The molecule has 1 aromatic heterocycles. The van der Waals surface area contributed by atoms with E-state index in [-0.39, 0.29) is 12.1 Å². The molecule has 3 atom stereocenters. The maximum atomic E-state index is 13.2. The molecule has 1 aromatic carbocycles. The van der Waals surface area contributed by atoms with Gasteiger partial charge in [0.1, 0.15) is 10.7 Å². The average Bonchev–Trinajstić information content (AvgIpc) is 2.96. The first kappa shape index (κ1) is 22.7. The Bertz CT molecular complexity index is 1070. The van der Waals surface area contributed by atoms with Crippen molar-refractivity contribution >= 4 is 34.2 Å². The van der Waals surface area contributed by atoms with Gasteiger partial charge >= 0.3 is 0 Å². The number of rotatable bonds is 5. The average molecular weight is 501 g/mol. The Morgan fingerprint density at radius 1 is 1.09 bits per heavy atom. The molecule has 6 rings (SSSR count). The van der Waals surface area contributed by atoms with Gasteiger partial charge in [0.15, 0.2) is 0 Å². The van der Waals surface area contributed by atoms with E-state index in [2.05, 4.69) is 22.3 Å². The first-order valence-electron chi connectivity index (χ1n) is 12.8. The lowest BCUT2D eigenvalue weighted by atomic mass is 9.77. The molecule has 8 heteroatoms. The first-order valence-corrected chi connectivity index (χ1v) is 14.5. The minimum atomic E-state index is -1.10. The summed E-state index contributed by atoms with van der Waals surface area (Å²) >= 11 is 6.12. The van der Waals surface area contributed by atoms with Crippen molar-refractivity contribution in [2.75, 3.05) is 22.6 Å². The van der Waals surface area contributed by atoms with Gasteiger partial charge in [0.2, 0.25) is 5.95 Å². The molecule has 34 heavy (non-hydrogen) atoms. The number of nitrogens with one attached hydrogen (secondary N) is 1. The highest BCUT2D eigenvalue weighted by molar-refractivity contribution is 7.85. The zero-order valence-electron chi connectivity index (χ0n) is 19.5. The number of piperidine rings is 1. The van der Waals surface area contributed by atoms with Gasteiger partial charge < -0.3 is 15.3 Å². The molecular formula is C26H33ClN4O2S. The SMILES string of the molecule is O=[S@@]1CCCCc2nc(N3C4CCC3CC(c3ccc(Cl)cc3)C4)nc(NC3(CO)CCC3)c21. The molecule has 3 aliphatic heterocycles. The summed E-state index contributed by atoms with van der Waals surface area (Å²) < 4.78 is 13.2. The lowest BCUT2D eigenvalue weighted by Gasteiger charge is -2.42. The molecule has 2 N–H and O–H groups in total. The lowest BCUT2D eigenvalue weighted by Crippen LogP contribution is -2.49. The molecule has 2 aromatic rings. The molecule has 2 saturated heterocycles. The lowest BCUT2D eigenvalue weighted by molar-refractivity contribution is 0.143. The molecule has 182 valence electrons. The number of aliphatic hydroxyl groups excluding tert-OH is 1. The number of aromatic nitrogens is 2. The Hall–Kier alpha value is -1.70. The zero-order valence-corrected chi connectivity index (χ0v) is 21.1. The van der Waals surface area contributed by atoms with Gasteiger partial charge in [-0.1, -0.05) is 23.7 Å². The Balaban J connectivity index is 1.34. The monoisotopic (exact) mass is 500 g/mol. The summed E-state index contributed by atoms with van der Waals surface area (Å²) in [5.74, 6) is 2.68. The number of nitrogens with zero attached hydrogens (tertiary/aromatic N) is 3. The predicted octanol–water partition coefficient (Wildman–Crippen LogP) is 4.82. The fraction of sp³-hybridized carbons (Fsp3) is 0.615. The van der Waals surface area contributed by atoms with Crippen LogP contribution in [0, 0.1) is 0 Å². The molecule has 6 nitrogen and oxygen atoms in total. The number of hydrogen-bond donors (Lipinski definition) is 2. The van der Waals surface area contributed by atoms with Gasteiger partial charge in [-0.25, -0.2) is 4.98 Å². The molecule has 4 aliphatic rings. The predicted molar refractivity (Wildman–Crippen MR) is 136 cm³/mol. The van der Waals surface area contributed by atoms with E-state index < -0.39 is 10.8 Å². The van der Waals surface area contributed by atoms with Gasteiger partial charge in [-0.05, 0) is 87.8 Å². The Morgan fingerprint density at radius 3 is 2.47 bits per heavy atom. The minimum Gasteiger partial charge on any atom is -0.394 e. The van der Waals surface area contributed by atoms with Gasteiger partial charge in [0, 0.05) is 22.9 Å². The third kappa shape index (κ3) is 4.03. The molecule has 1 saturated carbocycles. The maximum Gasteiger partial charge on any atom is 0.228 e. The van der Waals surface area contributed by atoms with Crippen molar-refractivity contribution in [1.29, 1.82) is 0 Å². The highest BCUT2D eigenvalue weighted by Gasteiger charge is 2.44. The summed E-state index contributed by atoms with van der Waals surface area (Å²) in [6.07, 6.45) is 10.2. The number of halogens is 1. The second-order valence-corrected chi connectivity index (χ2v) is 12.5. The number of fused-ring (bicyclic) bond motifs is 3. The summed E-state index contributed by atoms with van der Waals surface area (Å²) in [5.41, 5.74) is 1.97. The summed E-state index contributed by atoms with van der Waals surface area (Å²) in [6.45, 7) is 0.0749. The highest BCUT2D eigenvalue weighted by atomic mass is 35.5. The quantitative estimate of drug-likeness (QED) is 0.613. The van der Waals surface area contributed by atoms with Crippen LogP contribution in [0.2, 0.25) is 5.02 Å². The molecular weight excluding hydrogens is 468 g/mol. The van der Waals surface area contributed by atoms with Crippen molar-refractivity contribution in [3.8, 4) is 0 Å². The number of aliphatic hydroxyl groups is 1. The number of benzene rings is 1. The Morgan fingerprint density at radius 2 is 1.82 bits per heavy atom. The number of aryl methyl sites for hydroxylation is 1. The summed E-state index contributed by atoms with van der Waals surface area (Å²) in [5, 5.41) is 14.4. The van der Waals surface area contributed by atoms with Crippen LogP contribution in [0.15, 0.2) is 29.2 Å². The number of hydrogen-bond acceptors (Lipinski definition) is 6. The first-order chi connectivity index (χ1) is 16.5. The van der Waals surface area contributed by atoms with Crippen LogP contribution in [0.25, 0.3) is 0 Å². The van der Waals surface area contributed by atoms with Crippen LogP contribution in [-0.4, -0.2) is 49.3 Å². The van der Waals surface area contributed by atoms with Gasteiger partial charge in [-0.3, -0.25) is 4.21 Å². The fourth-order valence-corrected chi connectivity index (χ4v) is 7.93. The normalized spacial score (nSPS) is 29.8. The van der Waals surface area contributed by atoms with Crippen molar-refractivity contribution < 1.29 is 9.32 Å². The van der Waals surface area contributed by atoms with Gasteiger partial charge in [-0.2, -0.15) is 4.98 Å². The van der Waals surface area contributed by atoms with Crippen LogP contribution < -0.4 is 10.2 Å². The van der Waals surface area contributed by atoms with E-state index in [1.165, 1.54) is 5.56 Å². The molecule has 0 radical (unpaired) electrons. The van der Waals surface area contributed by atoms with Gasteiger partial charge in [0.05, 0.1) is 28.6 Å². The van der Waals surface area contributed by atoms with Crippen molar-refractivity contribution in [3.05, 3.63) is 40.5 Å². The molecule has 2 bridgehead atoms. The van der Waals surface area contributed by atoms with Crippen molar-refractivity contribution in [3.63, 3.8) is 0 Å². The standard InChI is InChI=1S/C26H33ClN4O2S/c27-19-7-5-17(6-8-19)18-14-20-9-10-21(15-18)31(20)25-28-22-4-1-2-13-34(33)23(22)24(29-25)30-26(16-32)11-3-12-26/h5-8,18,20-21,32H,1-4,9-16H2,(H,28,29,30)/t18?,20?,21?,34-/m1/s1. The minimum absolute atomic E-state index is 0.0749. The van der Waals surface area contributed by atoms with Crippen LogP contribution in [0.5, 0.6) is 0 Å². The van der Waals surface area contributed by atoms with E-state index in [0.29, 0.717) is 29.6 Å². The summed E-state index contributed by atoms with van der Waals surface area (Å²) in [7, 11) is -1.10. The highest BCUT2D eigenvalue weighted by Crippen LogP contribution is 2.46. The molecule has 1 aliphatic carbocycles. The van der Waals surface area contributed by atoms with E-state index >= 15 is 0 Å². The maximum absolute atomic E-state index is 13.2. The zero-order chi connectivity index (χ0) is 23.3. The fourth-order valence-electron chi connectivity index (χ4n) is 6.41. The van der Waals surface area contributed by atoms with E-state index in [1.807, 2.05) is 12.1 Å².